The first-order valence-corrected chi connectivity index (χ1v) is 15.1. The normalized spacial score (nSPS) is 12.0. The van der Waals surface area contributed by atoms with Crippen molar-refractivity contribution in [2.24, 2.45) is 0 Å². The van der Waals surface area contributed by atoms with E-state index in [1.54, 1.807) is 12.1 Å². The quantitative estimate of drug-likeness (QED) is 0.315. The summed E-state index contributed by atoms with van der Waals surface area (Å²) in [4.78, 5) is 29.2. The van der Waals surface area contributed by atoms with Crippen molar-refractivity contribution >= 4 is 27.5 Å². The number of aryl methyl sites for hydroxylation is 2. The van der Waals surface area contributed by atoms with Crippen LogP contribution in [0.2, 0.25) is 0 Å². The fraction of sp³-hybridized carbons (Fsp3) is 0.355. The number of benzene rings is 3. The Hall–Kier alpha value is -3.65. The maximum Gasteiger partial charge on any atom is 0.244 e. The molecule has 0 heterocycles. The zero-order valence-electron chi connectivity index (χ0n) is 23.3. The van der Waals surface area contributed by atoms with Crippen LogP contribution in [-0.4, -0.2) is 50.5 Å². The predicted molar refractivity (Wildman–Crippen MR) is 157 cm³/mol. The van der Waals surface area contributed by atoms with Crippen molar-refractivity contribution in [2.75, 3.05) is 23.7 Å². The van der Waals surface area contributed by atoms with Crippen LogP contribution in [0.5, 0.6) is 0 Å². The number of carbonyl (C=O) groups excluding carboxylic acids is 2. The lowest BCUT2D eigenvalue weighted by atomic mass is 10.0. The van der Waals surface area contributed by atoms with E-state index in [4.69, 9.17) is 0 Å². The van der Waals surface area contributed by atoms with Gasteiger partial charge < -0.3 is 10.2 Å². The number of nitrogens with one attached hydrogen (secondary N) is 1. The number of unbranched alkanes of at least 4 members (excludes halogenated alkanes) is 1. The molecule has 8 heteroatoms. The van der Waals surface area contributed by atoms with Crippen molar-refractivity contribution in [3.8, 4) is 0 Å². The van der Waals surface area contributed by atoms with E-state index >= 15 is 0 Å². The topological polar surface area (TPSA) is 86.8 Å². The Morgan fingerprint density at radius 2 is 1.54 bits per heavy atom. The summed E-state index contributed by atoms with van der Waals surface area (Å²) in [6.07, 6.45) is 3.14. The van der Waals surface area contributed by atoms with Crippen molar-refractivity contribution in [1.82, 2.24) is 10.2 Å². The summed E-state index contributed by atoms with van der Waals surface area (Å²) in [5, 5.41) is 3.00. The van der Waals surface area contributed by atoms with Gasteiger partial charge in [-0.15, -0.1) is 0 Å². The summed E-state index contributed by atoms with van der Waals surface area (Å²) in [6, 6.07) is 23.4. The molecule has 0 fully saturated rings. The highest BCUT2D eigenvalue weighted by molar-refractivity contribution is 7.92. The third kappa shape index (κ3) is 8.68. The van der Waals surface area contributed by atoms with Crippen LogP contribution in [0.1, 0.15) is 42.0 Å². The molecule has 0 radical (unpaired) electrons. The van der Waals surface area contributed by atoms with Gasteiger partial charge in [0, 0.05) is 19.5 Å². The van der Waals surface area contributed by atoms with Gasteiger partial charge >= 0.3 is 0 Å². The number of sulfonamides is 1. The van der Waals surface area contributed by atoms with Gasteiger partial charge in [-0.1, -0.05) is 85.6 Å². The molecule has 2 amide bonds. The lowest BCUT2D eigenvalue weighted by Gasteiger charge is -2.34. The second-order valence-electron chi connectivity index (χ2n) is 9.90. The van der Waals surface area contributed by atoms with E-state index in [1.807, 2.05) is 87.5 Å². The van der Waals surface area contributed by atoms with Gasteiger partial charge in [-0.2, -0.15) is 0 Å². The molecule has 3 rings (SSSR count). The highest BCUT2D eigenvalue weighted by Crippen LogP contribution is 2.21. The zero-order chi connectivity index (χ0) is 28.4. The molecule has 0 aliphatic rings. The van der Waals surface area contributed by atoms with E-state index in [0.717, 1.165) is 45.7 Å². The van der Waals surface area contributed by atoms with Crippen molar-refractivity contribution in [1.29, 1.82) is 0 Å². The summed E-state index contributed by atoms with van der Waals surface area (Å²) in [5.74, 6) is -0.702. The van der Waals surface area contributed by atoms with E-state index in [1.165, 1.54) is 4.90 Å². The van der Waals surface area contributed by atoms with Crippen LogP contribution in [0.3, 0.4) is 0 Å². The van der Waals surface area contributed by atoms with Crippen LogP contribution >= 0.6 is 0 Å². The maximum atomic E-state index is 14.1. The molecule has 208 valence electrons. The molecule has 1 atom stereocenters. The minimum absolute atomic E-state index is 0.176. The molecule has 0 saturated heterocycles. The zero-order valence-corrected chi connectivity index (χ0v) is 24.1. The predicted octanol–water partition coefficient (Wildman–Crippen LogP) is 4.63. The Balaban J connectivity index is 2.03. The van der Waals surface area contributed by atoms with E-state index < -0.39 is 28.5 Å². The van der Waals surface area contributed by atoms with Crippen LogP contribution in [0, 0.1) is 13.8 Å². The summed E-state index contributed by atoms with van der Waals surface area (Å²) >= 11 is 0. The van der Waals surface area contributed by atoms with Crippen molar-refractivity contribution in [3.63, 3.8) is 0 Å². The Morgan fingerprint density at radius 3 is 2.15 bits per heavy atom. The molecular weight excluding hydrogens is 510 g/mol. The molecule has 39 heavy (non-hydrogen) atoms. The van der Waals surface area contributed by atoms with Gasteiger partial charge in [0.25, 0.3) is 0 Å². The first kappa shape index (κ1) is 29.9. The van der Waals surface area contributed by atoms with Gasteiger partial charge in [-0.05, 0) is 49.1 Å². The summed E-state index contributed by atoms with van der Waals surface area (Å²) in [7, 11) is -3.78. The van der Waals surface area contributed by atoms with Gasteiger partial charge in [0.1, 0.15) is 12.6 Å². The molecule has 0 saturated carbocycles. The molecule has 0 aromatic heterocycles. The highest BCUT2D eigenvalue weighted by atomic mass is 32.2. The number of anilines is 1. The Morgan fingerprint density at radius 1 is 0.897 bits per heavy atom. The van der Waals surface area contributed by atoms with Crippen LogP contribution in [0.25, 0.3) is 0 Å². The summed E-state index contributed by atoms with van der Waals surface area (Å²) < 4.78 is 26.8. The highest BCUT2D eigenvalue weighted by Gasteiger charge is 2.33. The van der Waals surface area contributed by atoms with Crippen LogP contribution in [-0.2, 0) is 32.6 Å². The third-order valence-corrected chi connectivity index (χ3v) is 7.84. The Labute approximate surface area is 232 Å². The minimum Gasteiger partial charge on any atom is -0.354 e. The summed E-state index contributed by atoms with van der Waals surface area (Å²) in [6.45, 7) is 6.19. The third-order valence-electron chi connectivity index (χ3n) is 6.70. The molecular formula is C31H39N3O4S. The molecule has 0 aliphatic heterocycles. The largest absolute Gasteiger partial charge is 0.354 e. The SMILES string of the molecule is CCCCNC(=O)C(Cc1ccccc1)N(Cc1ccccc1C)C(=O)CN(c1ccc(C)cc1)S(C)(=O)=O. The van der Waals surface area contributed by atoms with Gasteiger partial charge in [0.15, 0.2) is 0 Å². The summed E-state index contributed by atoms with van der Waals surface area (Å²) in [5.41, 5.74) is 4.17. The number of carbonyl (C=O) groups is 2. The Kier molecular flexibility index (Phi) is 10.7. The molecule has 3 aromatic rings. The standard InChI is InChI=1S/C31H39N3O4S/c1-5-6-20-32-31(36)29(21-26-13-8-7-9-14-26)33(22-27-15-11-10-12-25(27)3)30(35)23-34(39(4,37)38)28-18-16-24(2)17-19-28/h7-19,29H,5-6,20-23H2,1-4H3,(H,32,36). The monoisotopic (exact) mass is 549 g/mol. The number of rotatable bonds is 13. The second-order valence-corrected chi connectivity index (χ2v) is 11.8. The van der Waals surface area contributed by atoms with Crippen LogP contribution < -0.4 is 9.62 Å². The number of hydrogen-bond acceptors (Lipinski definition) is 4. The van der Waals surface area contributed by atoms with Crippen molar-refractivity contribution < 1.29 is 18.0 Å². The fourth-order valence-corrected chi connectivity index (χ4v) is 5.21. The molecule has 3 aromatic carbocycles. The maximum absolute atomic E-state index is 14.1. The van der Waals surface area contributed by atoms with E-state index in [9.17, 15) is 18.0 Å². The molecule has 1 unspecified atom stereocenters. The fourth-order valence-electron chi connectivity index (χ4n) is 4.36. The van der Waals surface area contributed by atoms with Gasteiger partial charge in [-0.25, -0.2) is 8.42 Å². The smallest absolute Gasteiger partial charge is 0.244 e. The van der Waals surface area contributed by atoms with E-state index in [-0.39, 0.29) is 12.5 Å². The number of amides is 2. The van der Waals surface area contributed by atoms with Crippen LogP contribution in [0.4, 0.5) is 5.69 Å². The number of hydrogen-bond donors (Lipinski definition) is 1. The van der Waals surface area contributed by atoms with Gasteiger partial charge in [0.2, 0.25) is 21.8 Å². The molecule has 0 aliphatic carbocycles. The molecule has 0 bridgehead atoms. The average molecular weight is 550 g/mol. The van der Waals surface area contributed by atoms with Gasteiger partial charge in [0.05, 0.1) is 11.9 Å². The minimum atomic E-state index is -3.78. The average Bonchev–Trinajstić information content (AvgIpc) is 2.91. The second kappa shape index (κ2) is 13.9. The first-order chi connectivity index (χ1) is 18.6. The van der Waals surface area contributed by atoms with Gasteiger partial charge in [-0.3, -0.25) is 13.9 Å². The lowest BCUT2D eigenvalue weighted by molar-refractivity contribution is -0.140. The molecule has 7 nitrogen and oxygen atoms in total. The van der Waals surface area contributed by atoms with E-state index in [0.29, 0.717) is 18.7 Å². The Bertz CT molecular complexity index is 1340. The van der Waals surface area contributed by atoms with Crippen LogP contribution in [0.15, 0.2) is 78.9 Å². The van der Waals surface area contributed by atoms with E-state index in [2.05, 4.69) is 5.32 Å². The molecule has 0 spiro atoms. The number of nitrogens with zero attached hydrogens (tertiary/aromatic N) is 2. The molecule has 1 N–H and O–H groups in total. The van der Waals surface area contributed by atoms with Crippen molar-refractivity contribution in [2.45, 2.75) is 52.6 Å². The first-order valence-electron chi connectivity index (χ1n) is 13.3. The lowest BCUT2D eigenvalue weighted by Crippen LogP contribution is -2.53. The van der Waals surface area contributed by atoms with Crippen molar-refractivity contribution in [3.05, 3.63) is 101 Å².